The largest absolute Gasteiger partial charge is 0.446 e. The molecule has 0 spiro atoms. The van der Waals surface area contributed by atoms with E-state index in [0.29, 0.717) is 17.9 Å². The highest BCUT2D eigenvalue weighted by Crippen LogP contribution is 2.35. The summed E-state index contributed by atoms with van der Waals surface area (Å²) in [4.78, 5) is 19.6. The van der Waals surface area contributed by atoms with E-state index in [0.717, 1.165) is 18.5 Å². The fourth-order valence-corrected chi connectivity index (χ4v) is 3.48. The average molecular weight is 377 g/mol. The fourth-order valence-electron chi connectivity index (χ4n) is 2.97. The third-order valence-corrected chi connectivity index (χ3v) is 5.14. The molecule has 9 nitrogen and oxygen atoms in total. The zero-order valence-electron chi connectivity index (χ0n) is 13.8. The second-order valence-corrected chi connectivity index (χ2v) is 7.65. The normalized spacial score (nSPS) is 19.9. The lowest BCUT2D eigenvalue weighted by atomic mass is 10.0. The Balaban J connectivity index is 1.62. The minimum atomic E-state index is -3.71. The number of hydrogen-bond acceptors (Lipinski definition) is 7. The zero-order valence-corrected chi connectivity index (χ0v) is 14.6. The number of nitrogens with two attached hydrogens (primary N) is 2. The summed E-state index contributed by atoms with van der Waals surface area (Å²) in [7, 11) is -3.71. The van der Waals surface area contributed by atoms with Crippen LogP contribution in [0.1, 0.15) is 30.9 Å². The number of amides is 1. The van der Waals surface area contributed by atoms with Crippen LogP contribution in [-0.2, 0) is 14.8 Å². The predicted octanol–water partition coefficient (Wildman–Crippen LogP) is 1.60. The maximum atomic E-state index is 11.2. The summed E-state index contributed by atoms with van der Waals surface area (Å²) in [6, 6.07) is 6.02. The molecule has 1 aliphatic carbocycles. The van der Waals surface area contributed by atoms with Crippen molar-refractivity contribution in [2.24, 2.45) is 10.9 Å². The van der Waals surface area contributed by atoms with Gasteiger partial charge in [-0.25, -0.2) is 23.3 Å². The second-order valence-electron chi connectivity index (χ2n) is 6.09. The molecule has 3 rings (SSSR count). The number of hydrogen-bond donors (Lipinski definition) is 3. The molecule has 1 heterocycles. The fraction of sp³-hybridized carbons (Fsp3) is 0.312. The summed E-state index contributed by atoms with van der Waals surface area (Å²) in [5.41, 5.74) is 6.54. The quantitative estimate of drug-likeness (QED) is 0.716. The number of primary amides is 1. The van der Waals surface area contributed by atoms with Crippen molar-refractivity contribution in [3.63, 3.8) is 0 Å². The molecule has 2 aromatic rings. The van der Waals surface area contributed by atoms with Crippen LogP contribution < -0.4 is 16.2 Å². The molecular formula is C16H19N5O4S. The Hall–Kier alpha value is -2.72. The first-order valence-corrected chi connectivity index (χ1v) is 9.54. The Morgan fingerprint density at radius 2 is 1.88 bits per heavy atom. The second kappa shape index (κ2) is 7.26. The molecule has 5 N–H and O–H groups in total. The molecule has 1 amide bonds. The van der Waals surface area contributed by atoms with Gasteiger partial charge in [0.1, 0.15) is 11.9 Å². The maximum absolute atomic E-state index is 11.2. The van der Waals surface area contributed by atoms with Crippen molar-refractivity contribution in [3.05, 3.63) is 42.4 Å². The smallest absolute Gasteiger partial charge is 0.404 e. The van der Waals surface area contributed by atoms with Crippen LogP contribution in [0.3, 0.4) is 0 Å². The zero-order chi connectivity index (χ0) is 18.7. The monoisotopic (exact) mass is 377 g/mol. The predicted molar refractivity (Wildman–Crippen MR) is 94.2 cm³/mol. The van der Waals surface area contributed by atoms with Crippen LogP contribution in [0.4, 0.5) is 16.3 Å². The molecule has 0 radical (unpaired) electrons. The molecule has 0 saturated heterocycles. The van der Waals surface area contributed by atoms with Gasteiger partial charge in [0.05, 0.1) is 23.0 Å². The van der Waals surface area contributed by atoms with Crippen molar-refractivity contribution in [2.75, 3.05) is 5.32 Å². The molecular weight excluding hydrogens is 358 g/mol. The Labute approximate surface area is 150 Å². The Bertz CT molecular complexity index is 884. The van der Waals surface area contributed by atoms with Crippen LogP contribution in [0.25, 0.3) is 0 Å². The van der Waals surface area contributed by atoms with Crippen molar-refractivity contribution < 1.29 is 17.9 Å². The van der Waals surface area contributed by atoms with Crippen molar-refractivity contribution in [2.45, 2.75) is 36.2 Å². The molecule has 1 saturated carbocycles. The van der Waals surface area contributed by atoms with Gasteiger partial charge in [-0.2, -0.15) is 0 Å². The summed E-state index contributed by atoms with van der Waals surface area (Å²) in [6.07, 6.45) is 4.65. The molecule has 0 bridgehead atoms. The van der Waals surface area contributed by atoms with Crippen LogP contribution >= 0.6 is 0 Å². The number of primary sulfonamides is 1. The number of aromatic nitrogens is 2. The summed E-state index contributed by atoms with van der Waals surface area (Å²) in [5.74, 6) is 0.704. The van der Waals surface area contributed by atoms with Gasteiger partial charge in [0, 0.05) is 11.6 Å². The maximum Gasteiger partial charge on any atom is 0.404 e. The highest BCUT2D eigenvalue weighted by Gasteiger charge is 2.29. The number of sulfonamides is 1. The highest BCUT2D eigenvalue weighted by molar-refractivity contribution is 7.89. The Kier molecular flexibility index (Phi) is 5.05. The van der Waals surface area contributed by atoms with Gasteiger partial charge in [-0.1, -0.05) is 0 Å². The third kappa shape index (κ3) is 4.46. The van der Waals surface area contributed by atoms with Crippen molar-refractivity contribution in [3.8, 4) is 0 Å². The first kappa shape index (κ1) is 18.1. The van der Waals surface area contributed by atoms with Gasteiger partial charge in [-0.3, -0.25) is 4.98 Å². The molecule has 1 fully saturated rings. The lowest BCUT2D eigenvalue weighted by Crippen LogP contribution is -2.20. The number of carbonyl (C=O) groups is 1. The lowest BCUT2D eigenvalue weighted by Gasteiger charge is -2.11. The van der Waals surface area contributed by atoms with Crippen molar-refractivity contribution in [1.29, 1.82) is 0 Å². The summed E-state index contributed by atoms with van der Waals surface area (Å²) in [6.45, 7) is 0. The van der Waals surface area contributed by atoms with E-state index in [1.54, 1.807) is 24.5 Å². The van der Waals surface area contributed by atoms with E-state index in [9.17, 15) is 13.2 Å². The molecule has 138 valence electrons. The first-order chi connectivity index (χ1) is 12.3. The van der Waals surface area contributed by atoms with E-state index < -0.39 is 16.1 Å². The van der Waals surface area contributed by atoms with Crippen molar-refractivity contribution in [1.82, 2.24) is 9.97 Å². The number of nitrogens with zero attached hydrogens (tertiary/aromatic N) is 2. The first-order valence-electron chi connectivity index (χ1n) is 7.99. The van der Waals surface area contributed by atoms with Crippen LogP contribution in [-0.4, -0.2) is 30.6 Å². The number of benzene rings is 1. The van der Waals surface area contributed by atoms with Crippen molar-refractivity contribution >= 4 is 27.6 Å². The van der Waals surface area contributed by atoms with Crippen LogP contribution in [0.2, 0.25) is 0 Å². The number of rotatable bonds is 5. The number of ether oxygens (including phenoxy) is 1. The van der Waals surface area contributed by atoms with E-state index in [2.05, 4.69) is 15.3 Å². The van der Waals surface area contributed by atoms with Gasteiger partial charge in [-0.05, 0) is 43.5 Å². The number of carbonyl (C=O) groups excluding carboxylic acids is 1. The molecule has 26 heavy (non-hydrogen) atoms. The average Bonchev–Trinajstić information content (AvgIpc) is 3.03. The summed E-state index contributed by atoms with van der Waals surface area (Å²) in [5, 5.41) is 8.11. The third-order valence-electron chi connectivity index (χ3n) is 4.21. The summed E-state index contributed by atoms with van der Waals surface area (Å²) >= 11 is 0. The molecule has 0 aliphatic heterocycles. The molecule has 0 unspecified atom stereocenters. The minimum Gasteiger partial charge on any atom is -0.446 e. The van der Waals surface area contributed by atoms with Gasteiger partial charge in [0.2, 0.25) is 10.0 Å². The van der Waals surface area contributed by atoms with E-state index in [1.807, 2.05) is 0 Å². The van der Waals surface area contributed by atoms with E-state index >= 15 is 0 Å². The molecule has 2 atom stereocenters. The SMILES string of the molecule is NC(=O)O[C@@H]1CC[C@H](c2cnc(Nc3ccc(S(N)(=O)=O)cc3)cn2)C1. The Morgan fingerprint density at radius 3 is 2.46 bits per heavy atom. The molecule has 1 aliphatic rings. The number of nitrogens with one attached hydrogen (secondary N) is 1. The van der Waals surface area contributed by atoms with Gasteiger partial charge < -0.3 is 15.8 Å². The van der Waals surface area contributed by atoms with Crippen LogP contribution in [0.5, 0.6) is 0 Å². The topological polar surface area (TPSA) is 150 Å². The van der Waals surface area contributed by atoms with Crippen LogP contribution in [0, 0.1) is 0 Å². The van der Waals surface area contributed by atoms with Gasteiger partial charge in [-0.15, -0.1) is 0 Å². The van der Waals surface area contributed by atoms with Gasteiger partial charge >= 0.3 is 6.09 Å². The molecule has 10 heteroatoms. The van der Waals surface area contributed by atoms with Gasteiger partial charge in [0.15, 0.2) is 0 Å². The molecule has 1 aromatic heterocycles. The standard InChI is InChI=1S/C16H19N5O4S/c17-16(22)25-12-4-1-10(7-12)14-8-20-15(9-19-14)21-11-2-5-13(6-3-11)26(18,23)24/h2-3,5-6,8-10,12H,1,4,7H2,(H2,17,22)(H,20,21)(H2,18,23,24)/t10-,12+/m0/s1. The molecule has 1 aromatic carbocycles. The lowest BCUT2D eigenvalue weighted by molar-refractivity contribution is 0.109. The number of anilines is 2. The van der Waals surface area contributed by atoms with E-state index in [-0.39, 0.29) is 16.9 Å². The van der Waals surface area contributed by atoms with Crippen LogP contribution in [0.15, 0.2) is 41.6 Å². The minimum absolute atomic E-state index is 0.0402. The Morgan fingerprint density at radius 1 is 1.15 bits per heavy atom. The van der Waals surface area contributed by atoms with E-state index in [1.165, 1.54) is 12.1 Å². The van der Waals surface area contributed by atoms with E-state index in [4.69, 9.17) is 15.6 Å². The highest BCUT2D eigenvalue weighted by atomic mass is 32.2. The summed E-state index contributed by atoms with van der Waals surface area (Å²) < 4.78 is 27.5. The van der Waals surface area contributed by atoms with Gasteiger partial charge in [0.25, 0.3) is 0 Å².